The van der Waals surface area contributed by atoms with Gasteiger partial charge in [0.1, 0.15) is 5.82 Å². The van der Waals surface area contributed by atoms with Gasteiger partial charge in [-0.25, -0.2) is 9.18 Å². The van der Waals surface area contributed by atoms with Crippen molar-refractivity contribution in [1.82, 2.24) is 16.0 Å². The zero-order chi connectivity index (χ0) is 14.6. The van der Waals surface area contributed by atoms with E-state index >= 15 is 0 Å². The second kappa shape index (κ2) is 6.22. The molecule has 2 rings (SSSR count). The van der Waals surface area contributed by atoms with Gasteiger partial charge in [-0.1, -0.05) is 12.1 Å². The van der Waals surface area contributed by atoms with Crippen molar-refractivity contribution in [2.75, 3.05) is 13.1 Å². The van der Waals surface area contributed by atoms with E-state index < -0.39 is 5.54 Å². The lowest BCUT2D eigenvalue weighted by atomic mass is 9.94. The molecule has 0 spiro atoms. The molecule has 110 valence electrons. The number of rotatable bonds is 3. The topological polar surface area (TPSA) is 53.2 Å². The fraction of sp³-hybridized carbons (Fsp3) is 0.533. The second-order valence-corrected chi connectivity index (χ2v) is 5.75. The average molecular weight is 279 g/mol. The van der Waals surface area contributed by atoms with Crippen molar-refractivity contribution in [2.24, 2.45) is 0 Å². The van der Waals surface area contributed by atoms with Gasteiger partial charge in [-0.05, 0) is 57.5 Å². The van der Waals surface area contributed by atoms with Gasteiger partial charge >= 0.3 is 6.03 Å². The third-order valence-electron chi connectivity index (χ3n) is 3.67. The Hall–Kier alpha value is -1.62. The minimum atomic E-state index is -0.537. The van der Waals surface area contributed by atoms with Gasteiger partial charge in [-0.15, -0.1) is 0 Å². The van der Waals surface area contributed by atoms with Crippen LogP contribution >= 0.6 is 0 Å². The van der Waals surface area contributed by atoms with Crippen molar-refractivity contribution in [1.29, 1.82) is 0 Å². The van der Waals surface area contributed by atoms with E-state index in [1.807, 2.05) is 13.8 Å². The van der Waals surface area contributed by atoms with Crippen LogP contribution < -0.4 is 16.0 Å². The molecule has 4 nitrogen and oxygen atoms in total. The Bertz CT molecular complexity index is 453. The molecule has 1 aromatic rings. The van der Waals surface area contributed by atoms with Gasteiger partial charge in [0.25, 0.3) is 0 Å². The molecule has 1 aliphatic rings. The molecule has 0 saturated carbocycles. The Labute approximate surface area is 119 Å². The van der Waals surface area contributed by atoms with Crippen molar-refractivity contribution >= 4 is 6.03 Å². The molecule has 1 fully saturated rings. The lowest BCUT2D eigenvalue weighted by Crippen LogP contribution is -2.51. The minimum Gasteiger partial charge on any atom is -0.335 e. The predicted octanol–water partition coefficient (Wildman–Crippen LogP) is 2.11. The molecule has 0 aliphatic carbocycles. The largest absolute Gasteiger partial charge is 0.335 e. The van der Waals surface area contributed by atoms with Gasteiger partial charge in [-0.3, -0.25) is 0 Å². The van der Waals surface area contributed by atoms with E-state index in [2.05, 4.69) is 16.0 Å². The molecule has 5 heteroatoms. The van der Waals surface area contributed by atoms with Gasteiger partial charge in [-0.2, -0.15) is 0 Å². The standard InChI is InChI=1S/C15H22FN3O/c1-15(2,11-3-5-12(16)6-4-11)19-14(20)18-13-7-9-17-10-8-13/h3-6,13,17H,7-10H2,1-2H3,(H2,18,19,20). The number of nitrogens with one attached hydrogen (secondary N) is 3. The summed E-state index contributed by atoms with van der Waals surface area (Å²) in [5.41, 5.74) is 0.337. The number of amides is 2. The Morgan fingerprint density at radius 1 is 1.25 bits per heavy atom. The summed E-state index contributed by atoms with van der Waals surface area (Å²) >= 11 is 0. The smallest absolute Gasteiger partial charge is 0.315 e. The normalized spacial score (nSPS) is 16.8. The first-order valence-corrected chi connectivity index (χ1v) is 7.03. The minimum absolute atomic E-state index is 0.175. The molecule has 1 heterocycles. The van der Waals surface area contributed by atoms with Crippen LogP contribution in [-0.4, -0.2) is 25.2 Å². The average Bonchev–Trinajstić information content (AvgIpc) is 2.39. The number of carbonyl (C=O) groups excluding carboxylic acids is 1. The van der Waals surface area contributed by atoms with Crippen LogP contribution in [0.25, 0.3) is 0 Å². The first kappa shape index (κ1) is 14.8. The van der Waals surface area contributed by atoms with Crippen molar-refractivity contribution < 1.29 is 9.18 Å². The molecule has 2 amide bonds. The summed E-state index contributed by atoms with van der Waals surface area (Å²) < 4.78 is 12.9. The highest BCUT2D eigenvalue weighted by molar-refractivity contribution is 5.75. The van der Waals surface area contributed by atoms with Crippen LogP contribution in [0.2, 0.25) is 0 Å². The fourth-order valence-electron chi connectivity index (χ4n) is 2.41. The van der Waals surface area contributed by atoms with E-state index in [9.17, 15) is 9.18 Å². The van der Waals surface area contributed by atoms with E-state index in [0.717, 1.165) is 31.5 Å². The number of hydrogen-bond donors (Lipinski definition) is 3. The van der Waals surface area contributed by atoms with Crippen LogP contribution in [0.15, 0.2) is 24.3 Å². The lowest BCUT2D eigenvalue weighted by molar-refractivity contribution is 0.222. The van der Waals surface area contributed by atoms with Gasteiger partial charge in [0, 0.05) is 6.04 Å². The zero-order valence-corrected chi connectivity index (χ0v) is 12.0. The van der Waals surface area contributed by atoms with Crippen LogP contribution in [0.4, 0.5) is 9.18 Å². The first-order chi connectivity index (χ1) is 9.47. The van der Waals surface area contributed by atoms with Gasteiger partial charge in [0.2, 0.25) is 0 Å². The second-order valence-electron chi connectivity index (χ2n) is 5.75. The van der Waals surface area contributed by atoms with Crippen LogP contribution in [0.5, 0.6) is 0 Å². The van der Waals surface area contributed by atoms with Crippen LogP contribution in [0, 0.1) is 5.82 Å². The number of piperidine rings is 1. The highest BCUT2D eigenvalue weighted by atomic mass is 19.1. The number of carbonyl (C=O) groups is 1. The van der Waals surface area contributed by atoms with E-state index in [0.29, 0.717) is 0 Å². The van der Waals surface area contributed by atoms with E-state index in [-0.39, 0.29) is 17.9 Å². The summed E-state index contributed by atoms with van der Waals surface area (Å²) in [4.78, 5) is 12.1. The molecule has 20 heavy (non-hydrogen) atoms. The molecule has 0 aromatic heterocycles. The summed E-state index contributed by atoms with van der Waals surface area (Å²) in [6.07, 6.45) is 1.90. The van der Waals surface area contributed by atoms with Crippen molar-refractivity contribution in [2.45, 2.75) is 38.3 Å². The number of hydrogen-bond acceptors (Lipinski definition) is 2. The first-order valence-electron chi connectivity index (χ1n) is 7.03. The quantitative estimate of drug-likeness (QED) is 0.794. The molecule has 3 N–H and O–H groups in total. The van der Waals surface area contributed by atoms with E-state index in [1.54, 1.807) is 12.1 Å². The Balaban J connectivity index is 1.93. The molecule has 0 radical (unpaired) electrons. The van der Waals surface area contributed by atoms with Crippen molar-refractivity contribution in [3.8, 4) is 0 Å². The van der Waals surface area contributed by atoms with Gasteiger partial charge < -0.3 is 16.0 Å². The number of halogens is 1. The Morgan fingerprint density at radius 2 is 1.85 bits per heavy atom. The molecular weight excluding hydrogens is 257 g/mol. The molecule has 1 aliphatic heterocycles. The number of urea groups is 1. The molecule has 1 aromatic carbocycles. The van der Waals surface area contributed by atoms with Crippen molar-refractivity contribution in [3.63, 3.8) is 0 Å². The molecule has 1 saturated heterocycles. The zero-order valence-electron chi connectivity index (χ0n) is 12.0. The highest BCUT2D eigenvalue weighted by Gasteiger charge is 2.24. The Kier molecular flexibility index (Phi) is 4.60. The highest BCUT2D eigenvalue weighted by Crippen LogP contribution is 2.20. The van der Waals surface area contributed by atoms with Crippen LogP contribution in [0.3, 0.4) is 0 Å². The van der Waals surface area contributed by atoms with Gasteiger partial charge in [0.05, 0.1) is 5.54 Å². The van der Waals surface area contributed by atoms with Crippen LogP contribution in [0.1, 0.15) is 32.3 Å². The Morgan fingerprint density at radius 3 is 2.45 bits per heavy atom. The fourth-order valence-corrected chi connectivity index (χ4v) is 2.41. The summed E-state index contributed by atoms with van der Waals surface area (Å²) in [6, 6.07) is 6.25. The molecular formula is C15H22FN3O. The van der Waals surface area contributed by atoms with E-state index in [4.69, 9.17) is 0 Å². The summed E-state index contributed by atoms with van der Waals surface area (Å²) in [5.74, 6) is -0.274. The van der Waals surface area contributed by atoms with E-state index in [1.165, 1.54) is 12.1 Å². The third-order valence-corrected chi connectivity index (χ3v) is 3.67. The van der Waals surface area contributed by atoms with Crippen LogP contribution in [-0.2, 0) is 5.54 Å². The predicted molar refractivity (Wildman–Crippen MR) is 77.0 cm³/mol. The summed E-state index contributed by atoms with van der Waals surface area (Å²) in [5, 5.41) is 9.20. The maximum Gasteiger partial charge on any atom is 0.315 e. The molecule has 0 unspecified atom stereocenters. The monoisotopic (exact) mass is 279 g/mol. The number of benzene rings is 1. The summed E-state index contributed by atoms with van der Waals surface area (Å²) in [6.45, 7) is 5.68. The maximum atomic E-state index is 12.9. The maximum absolute atomic E-state index is 12.9. The molecule has 0 bridgehead atoms. The SMILES string of the molecule is CC(C)(NC(=O)NC1CCNCC1)c1ccc(F)cc1. The summed E-state index contributed by atoms with van der Waals surface area (Å²) in [7, 11) is 0. The lowest BCUT2D eigenvalue weighted by Gasteiger charge is -2.30. The third kappa shape index (κ3) is 3.93. The van der Waals surface area contributed by atoms with Crippen molar-refractivity contribution in [3.05, 3.63) is 35.6 Å². The van der Waals surface area contributed by atoms with Gasteiger partial charge in [0.15, 0.2) is 0 Å². The molecule has 0 atom stereocenters.